The highest BCUT2D eigenvalue weighted by Crippen LogP contribution is 2.20. The van der Waals surface area contributed by atoms with E-state index >= 15 is 0 Å². The number of rotatable bonds is 6. The first-order valence-electron chi connectivity index (χ1n) is 9.26. The molecule has 0 bridgehead atoms. The predicted molar refractivity (Wildman–Crippen MR) is 119 cm³/mol. The molecule has 9 nitrogen and oxygen atoms in total. The highest BCUT2D eigenvalue weighted by Gasteiger charge is 2.19. The number of amides is 1. The lowest BCUT2D eigenvalue weighted by molar-refractivity contribution is -0.113. The Morgan fingerprint density at radius 3 is 2.52 bits per heavy atom. The van der Waals surface area contributed by atoms with E-state index in [0.717, 1.165) is 11.4 Å². The Hall–Kier alpha value is -3.37. The molecule has 1 N–H and O–H groups in total. The van der Waals surface area contributed by atoms with E-state index in [2.05, 4.69) is 20.8 Å². The number of carbonyl (C=O) groups is 1. The Bertz CT molecular complexity index is 1280. The van der Waals surface area contributed by atoms with E-state index in [-0.39, 0.29) is 22.9 Å². The Morgan fingerprint density at radius 2 is 1.81 bits per heavy atom. The van der Waals surface area contributed by atoms with E-state index in [0.29, 0.717) is 15.9 Å². The standard InChI is InChI=1S/C20H18ClN7O2S/c1-13-18(19(30)28(26(13)2)16-6-4-3-5-7-16)22-17(29)12-31-20-23-24-25-27(20)15-10-8-14(21)9-11-15/h3-11H,12H2,1-2H3,(H,22,29). The number of hydrogen-bond donors (Lipinski definition) is 1. The van der Waals surface area contributed by atoms with Gasteiger partial charge in [0.15, 0.2) is 0 Å². The Kier molecular flexibility index (Phi) is 5.92. The molecular weight excluding hydrogens is 438 g/mol. The molecule has 0 aliphatic carbocycles. The molecule has 4 rings (SSSR count). The van der Waals surface area contributed by atoms with Crippen LogP contribution in [0.25, 0.3) is 11.4 Å². The molecule has 0 fully saturated rings. The number of nitrogens with one attached hydrogen (secondary N) is 1. The van der Waals surface area contributed by atoms with Crippen LogP contribution in [0.4, 0.5) is 5.69 Å². The first kappa shape index (κ1) is 20.9. The van der Waals surface area contributed by atoms with Crippen LogP contribution in [0.15, 0.2) is 64.5 Å². The van der Waals surface area contributed by atoms with Crippen LogP contribution in [0.5, 0.6) is 0 Å². The molecule has 0 aliphatic rings. The second-order valence-corrected chi connectivity index (χ2v) is 8.00. The smallest absolute Gasteiger partial charge is 0.295 e. The third kappa shape index (κ3) is 4.25. The molecule has 11 heteroatoms. The van der Waals surface area contributed by atoms with Gasteiger partial charge in [-0.05, 0) is 53.7 Å². The van der Waals surface area contributed by atoms with Crippen LogP contribution in [0.2, 0.25) is 5.02 Å². The van der Waals surface area contributed by atoms with Crippen LogP contribution in [0.3, 0.4) is 0 Å². The van der Waals surface area contributed by atoms with Gasteiger partial charge in [-0.2, -0.15) is 4.68 Å². The number of anilines is 1. The van der Waals surface area contributed by atoms with Crippen LogP contribution in [0.1, 0.15) is 5.69 Å². The van der Waals surface area contributed by atoms with Crippen molar-refractivity contribution in [2.45, 2.75) is 12.1 Å². The first-order chi connectivity index (χ1) is 15.0. The van der Waals surface area contributed by atoms with Crippen molar-refractivity contribution in [1.29, 1.82) is 0 Å². The summed E-state index contributed by atoms with van der Waals surface area (Å²) in [6, 6.07) is 16.3. The number of tetrazole rings is 1. The summed E-state index contributed by atoms with van der Waals surface area (Å²) in [5.74, 6) is -0.297. The maximum absolute atomic E-state index is 12.9. The topological polar surface area (TPSA) is 99.6 Å². The predicted octanol–water partition coefficient (Wildman–Crippen LogP) is 2.84. The molecule has 31 heavy (non-hydrogen) atoms. The van der Waals surface area contributed by atoms with Crippen molar-refractivity contribution in [2.24, 2.45) is 7.05 Å². The van der Waals surface area contributed by atoms with Crippen molar-refractivity contribution in [3.8, 4) is 11.4 Å². The van der Waals surface area contributed by atoms with E-state index in [9.17, 15) is 9.59 Å². The normalized spacial score (nSPS) is 10.9. The molecule has 0 saturated heterocycles. The number of carbonyl (C=O) groups excluding carboxylic acids is 1. The monoisotopic (exact) mass is 455 g/mol. The van der Waals surface area contributed by atoms with E-state index in [1.54, 1.807) is 42.9 Å². The van der Waals surface area contributed by atoms with Crippen molar-refractivity contribution in [1.82, 2.24) is 29.6 Å². The summed E-state index contributed by atoms with van der Waals surface area (Å²) in [5, 5.41) is 15.4. The second-order valence-electron chi connectivity index (χ2n) is 6.62. The summed E-state index contributed by atoms with van der Waals surface area (Å²) >= 11 is 7.09. The zero-order valence-corrected chi connectivity index (χ0v) is 18.3. The molecule has 0 spiro atoms. The van der Waals surface area contributed by atoms with Crippen LogP contribution < -0.4 is 10.9 Å². The number of thioether (sulfide) groups is 1. The van der Waals surface area contributed by atoms with Crippen LogP contribution in [-0.4, -0.2) is 41.2 Å². The van der Waals surface area contributed by atoms with Gasteiger partial charge in [-0.3, -0.25) is 14.3 Å². The van der Waals surface area contributed by atoms with Gasteiger partial charge in [0.2, 0.25) is 11.1 Å². The van der Waals surface area contributed by atoms with Crippen molar-refractivity contribution in [3.63, 3.8) is 0 Å². The second kappa shape index (κ2) is 8.78. The molecular formula is C20H18ClN7O2S. The average molecular weight is 456 g/mol. The highest BCUT2D eigenvalue weighted by atomic mass is 35.5. The summed E-state index contributed by atoms with van der Waals surface area (Å²) in [4.78, 5) is 25.5. The minimum atomic E-state index is -0.332. The average Bonchev–Trinajstić information content (AvgIpc) is 3.32. The number of halogens is 1. The van der Waals surface area contributed by atoms with Crippen molar-refractivity contribution < 1.29 is 4.79 Å². The molecule has 2 heterocycles. The van der Waals surface area contributed by atoms with Gasteiger partial charge < -0.3 is 5.32 Å². The molecule has 4 aromatic rings. The minimum absolute atomic E-state index is 0.0348. The minimum Gasteiger partial charge on any atom is -0.319 e. The van der Waals surface area contributed by atoms with E-state index < -0.39 is 0 Å². The molecule has 2 aromatic heterocycles. The lowest BCUT2D eigenvalue weighted by atomic mass is 10.3. The SMILES string of the molecule is Cc1c(NC(=O)CSc2nnnn2-c2ccc(Cl)cc2)c(=O)n(-c2ccccc2)n1C. The van der Waals surface area contributed by atoms with Crippen molar-refractivity contribution >= 4 is 35.0 Å². The Labute approximate surface area is 186 Å². The van der Waals surface area contributed by atoms with Crippen LogP contribution >= 0.6 is 23.4 Å². The zero-order valence-electron chi connectivity index (χ0n) is 16.7. The molecule has 2 aromatic carbocycles. The van der Waals surface area contributed by atoms with Crippen LogP contribution in [0, 0.1) is 6.92 Å². The molecule has 0 saturated carbocycles. The van der Waals surface area contributed by atoms with Gasteiger partial charge in [-0.25, -0.2) is 4.68 Å². The Morgan fingerprint density at radius 1 is 1.10 bits per heavy atom. The maximum atomic E-state index is 12.9. The fourth-order valence-corrected chi connectivity index (χ4v) is 3.85. The summed E-state index contributed by atoms with van der Waals surface area (Å²) < 4.78 is 4.74. The van der Waals surface area contributed by atoms with E-state index in [1.807, 2.05) is 30.3 Å². The molecule has 158 valence electrons. The number of nitrogens with zero attached hydrogens (tertiary/aromatic N) is 6. The lowest BCUT2D eigenvalue weighted by Gasteiger charge is -2.07. The van der Waals surface area contributed by atoms with Gasteiger partial charge >= 0.3 is 0 Å². The first-order valence-corrected chi connectivity index (χ1v) is 10.6. The van der Waals surface area contributed by atoms with Crippen LogP contribution in [-0.2, 0) is 11.8 Å². The summed E-state index contributed by atoms with van der Waals surface area (Å²) in [6.07, 6.45) is 0. The van der Waals surface area contributed by atoms with Gasteiger partial charge in [0.25, 0.3) is 5.56 Å². The molecule has 0 unspecified atom stereocenters. The van der Waals surface area contributed by atoms with Gasteiger partial charge in [0.1, 0.15) is 5.69 Å². The molecule has 0 atom stereocenters. The number of benzene rings is 2. The molecule has 1 amide bonds. The fraction of sp³-hybridized carbons (Fsp3) is 0.150. The highest BCUT2D eigenvalue weighted by molar-refractivity contribution is 7.99. The van der Waals surface area contributed by atoms with Gasteiger partial charge in [0.05, 0.1) is 22.8 Å². The van der Waals surface area contributed by atoms with Gasteiger partial charge in [-0.15, -0.1) is 5.10 Å². The summed E-state index contributed by atoms with van der Waals surface area (Å²) in [6.45, 7) is 1.78. The lowest BCUT2D eigenvalue weighted by Crippen LogP contribution is -2.23. The van der Waals surface area contributed by atoms with E-state index in [1.165, 1.54) is 21.1 Å². The van der Waals surface area contributed by atoms with E-state index in [4.69, 9.17) is 11.6 Å². The number of hydrogen-bond acceptors (Lipinski definition) is 6. The van der Waals surface area contributed by atoms with Gasteiger partial charge in [0, 0.05) is 12.1 Å². The zero-order chi connectivity index (χ0) is 22.0. The maximum Gasteiger partial charge on any atom is 0.295 e. The summed E-state index contributed by atoms with van der Waals surface area (Å²) in [7, 11) is 1.77. The summed E-state index contributed by atoms with van der Waals surface area (Å²) in [5.41, 5.74) is 2.04. The van der Waals surface area contributed by atoms with Crippen molar-refractivity contribution in [2.75, 3.05) is 11.1 Å². The quantitative estimate of drug-likeness (QED) is 0.449. The van der Waals surface area contributed by atoms with Crippen molar-refractivity contribution in [3.05, 3.63) is 75.7 Å². The fourth-order valence-electron chi connectivity index (χ4n) is 3.03. The molecule has 0 radical (unpaired) electrons. The number of aromatic nitrogens is 6. The van der Waals surface area contributed by atoms with Gasteiger partial charge in [-0.1, -0.05) is 41.6 Å². The molecule has 0 aliphatic heterocycles. The Balaban J connectivity index is 1.49. The number of para-hydroxylation sites is 1. The third-order valence-corrected chi connectivity index (χ3v) is 5.83. The largest absolute Gasteiger partial charge is 0.319 e. The third-order valence-electron chi connectivity index (χ3n) is 4.66.